The Bertz CT molecular complexity index is 2090. The third-order valence-electron chi connectivity index (χ3n) is 7.32. The van der Waals surface area contributed by atoms with E-state index in [0.29, 0.717) is 5.82 Å². The van der Waals surface area contributed by atoms with Crippen molar-refractivity contribution in [3.63, 3.8) is 0 Å². The molecule has 0 spiro atoms. The quantitative estimate of drug-likeness (QED) is 0.237. The number of furan rings is 1. The van der Waals surface area contributed by atoms with Crippen molar-refractivity contribution in [3.05, 3.63) is 128 Å². The molecule has 3 aromatic carbocycles. The predicted octanol–water partition coefficient (Wildman–Crippen LogP) is 8.11. The number of aromatic nitrogens is 5. The Morgan fingerprint density at radius 3 is 1.95 bits per heavy atom. The summed E-state index contributed by atoms with van der Waals surface area (Å²) in [6, 6.07) is 33.0. The van der Waals surface area contributed by atoms with Gasteiger partial charge in [0.15, 0.2) is 5.82 Å². The second-order valence-corrected chi connectivity index (χ2v) is 9.63. The highest BCUT2D eigenvalue weighted by Gasteiger charge is 2.17. The van der Waals surface area contributed by atoms with Crippen molar-refractivity contribution in [2.75, 3.05) is 0 Å². The Balaban J connectivity index is 1.28. The molecule has 0 saturated carbocycles. The number of nitrogens with zero attached hydrogens (tertiary/aromatic N) is 5. The van der Waals surface area contributed by atoms with E-state index in [1.165, 1.54) is 0 Å². The molecule has 0 bridgehead atoms. The molecule has 6 nitrogen and oxygen atoms in total. The molecule has 0 amide bonds. The van der Waals surface area contributed by atoms with Crippen LogP contribution in [0.25, 0.3) is 72.4 Å². The Morgan fingerprint density at radius 1 is 0.575 bits per heavy atom. The van der Waals surface area contributed by atoms with Crippen LogP contribution in [0.5, 0.6) is 0 Å². The summed E-state index contributed by atoms with van der Waals surface area (Å²) in [5, 5.41) is 3.39. The molecule has 0 atom stereocenters. The summed E-state index contributed by atoms with van der Waals surface area (Å²) < 4.78 is 8.21. The van der Waals surface area contributed by atoms with Gasteiger partial charge in [0.1, 0.15) is 5.58 Å². The molecule has 6 heteroatoms. The van der Waals surface area contributed by atoms with E-state index in [9.17, 15) is 0 Å². The van der Waals surface area contributed by atoms with Crippen LogP contribution in [0, 0.1) is 0 Å². The van der Waals surface area contributed by atoms with E-state index in [2.05, 4.69) is 75.2 Å². The number of para-hydroxylation sites is 1. The summed E-state index contributed by atoms with van der Waals surface area (Å²) in [4.78, 5) is 18.2. The van der Waals surface area contributed by atoms with Gasteiger partial charge in [0.05, 0.1) is 34.1 Å². The van der Waals surface area contributed by atoms with Crippen LogP contribution in [0.1, 0.15) is 0 Å². The molecule has 8 rings (SSSR count). The minimum absolute atomic E-state index is 0.659. The van der Waals surface area contributed by atoms with Gasteiger partial charge in [-0.15, -0.1) is 0 Å². The third-order valence-corrected chi connectivity index (χ3v) is 7.32. The smallest absolute Gasteiger partial charge is 0.160 e. The molecule has 5 aromatic heterocycles. The lowest BCUT2D eigenvalue weighted by molar-refractivity contribution is 0.619. The highest BCUT2D eigenvalue weighted by atomic mass is 16.3. The van der Waals surface area contributed by atoms with Gasteiger partial charge in [-0.3, -0.25) is 9.97 Å². The Morgan fingerprint density at radius 2 is 1.25 bits per heavy atom. The molecular weight excluding hydrogens is 494 g/mol. The summed E-state index contributed by atoms with van der Waals surface area (Å²) >= 11 is 0. The molecule has 0 saturated heterocycles. The largest absolute Gasteiger partial charge is 0.464 e. The topological polar surface area (TPSA) is 69.6 Å². The monoisotopic (exact) mass is 515 g/mol. The summed E-state index contributed by atoms with van der Waals surface area (Å²) in [5.41, 5.74) is 8.79. The summed E-state index contributed by atoms with van der Waals surface area (Å²) in [5.74, 6) is 0.659. The molecule has 0 fully saturated rings. The van der Waals surface area contributed by atoms with Gasteiger partial charge in [0, 0.05) is 57.9 Å². The van der Waals surface area contributed by atoms with E-state index < -0.39 is 0 Å². The lowest BCUT2D eigenvalue weighted by Gasteiger charge is -2.11. The van der Waals surface area contributed by atoms with Crippen LogP contribution in [0.4, 0.5) is 0 Å². The highest BCUT2D eigenvalue weighted by Crippen LogP contribution is 2.37. The second kappa shape index (κ2) is 8.99. The van der Waals surface area contributed by atoms with Gasteiger partial charge in [0.2, 0.25) is 0 Å². The summed E-state index contributed by atoms with van der Waals surface area (Å²) in [7, 11) is 0. The van der Waals surface area contributed by atoms with Gasteiger partial charge < -0.3 is 8.98 Å². The predicted molar refractivity (Wildman–Crippen MR) is 158 cm³/mol. The van der Waals surface area contributed by atoms with Gasteiger partial charge in [-0.2, -0.15) is 0 Å². The molecule has 0 unspecified atom stereocenters. The first-order valence-corrected chi connectivity index (χ1v) is 13.0. The number of benzene rings is 3. The van der Waals surface area contributed by atoms with E-state index in [1.807, 2.05) is 36.4 Å². The maximum absolute atomic E-state index is 5.92. The zero-order valence-electron chi connectivity index (χ0n) is 21.3. The number of hydrogen-bond acceptors (Lipinski definition) is 5. The first kappa shape index (κ1) is 22.4. The second-order valence-electron chi connectivity index (χ2n) is 9.63. The molecule has 0 radical (unpaired) electrons. The first-order valence-electron chi connectivity index (χ1n) is 13.0. The van der Waals surface area contributed by atoms with Crippen LogP contribution in [0.2, 0.25) is 0 Å². The normalized spacial score (nSPS) is 11.5. The number of pyridine rings is 2. The van der Waals surface area contributed by atoms with Crippen LogP contribution in [0.15, 0.2) is 133 Å². The molecule has 40 heavy (non-hydrogen) atoms. The van der Waals surface area contributed by atoms with E-state index in [-0.39, 0.29) is 0 Å². The fourth-order valence-electron chi connectivity index (χ4n) is 5.43. The van der Waals surface area contributed by atoms with Gasteiger partial charge in [-0.25, -0.2) is 9.97 Å². The number of hydrogen-bond donors (Lipinski definition) is 0. The van der Waals surface area contributed by atoms with Gasteiger partial charge >= 0.3 is 0 Å². The van der Waals surface area contributed by atoms with Crippen molar-refractivity contribution < 1.29 is 4.42 Å². The minimum atomic E-state index is 0.659. The van der Waals surface area contributed by atoms with E-state index in [1.54, 1.807) is 31.1 Å². The van der Waals surface area contributed by atoms with Crippen molar-refractivity contribution in [2.24, 2.45) is 0 Å². The summed E-state index contributed by atoms with van der Waals surface area (Å²) in [6.07, 6.45) is 8.87. The van der Waals surface area contributed by atoms with E-state index in [0.717, 1.165) is 66.5 Å². The van der Waals surface area contributed by atoms with Crippen molar-refractivity contribution in [3.8, 4) is 39.6 Å². The zero-order valence-corrected chi connectivity index (χ0v) is 21.3. The number of rotatable bonds is 4. The average Bonchev–Trinajstić information content (AvgIpc) is 3.64. The lowest BCUT2D eigenvalue weighted by atomic mass is 10.1. The zero-order chi connectivity index (χ0) is 26.5. The lowest BCUT2D eigenvalue weighted by Crippen LogP contribution is -1.97. The molecule has 8 aromatic rings. The fourth-order valence-corrected chi connectivity index (χ4v) is 5.43. The van der Waals surface area contributed by atoms with Crippen LogP contribution in [0.3, 0.4) is 0 Å². The molecule has 0 aliphatic carbocycles. The third kappa shape index (κ3) is 3.58. The Hall–Kier alpha value is -5.62. The van der Waals surface area contributed by atoms with Crippen molar-refractivity contribution >= 4 is 32.8 Å². The fraction of sp³-hybridized carbons (Fsp3) is 0. The first-order chi connectivity index (χ1) is 19.8. The molecule has 5 heterocycles. The van der Waals surface area contributed by atoms with E-state index >= 15 is 0 Å². The molecule has 0 aliphatic heterocycles. The SMILES string of the molecule is c1ccc2c(c1)c1c3occc3ccc1n2-c1ccc(-c2nc(-c3ccncc3)cc(-c3ccncc3)n2)cc1. The van der Waals surface area contributed by atoms with Crippen LogP contribution >= 0.6 is 0 Å². The van der Waals surface area contributed by atoms with Gasteiger partial charge in [0.25, 0.3) is 0 Å². The Labute approximate surface area is 229 Å². The molecule has 0 aliphatic rings. The Kier molecular flexibility index (Phi) is 5.03. The number of fused-ring (bicyclic) bond motifs is 5. The van der Waals surface area contributed by atoms with Crippen LogP contribution in [-0.4, -0.2) is 24.5 Å². The van der Waals surface area contributed by atoms with Gasteiger partial charge in [-0.05, 0) is 78.9 Å². The van der Waals surface area contributed by atoms with Crippen molar-refractivity contribution in [1.29, 1.82) is 0 Å². The maximum Gasteiger partial charge on any atom is 0.160 e. The standard InChI is InChI=1S/C34H21N5O/c1-2-4-30-27(3-1)32-31(10-7-24-15-20-40-33(24)32)39(30)26-8-5-25(6-9-26)34-37-28(22-11-16-35-17-12-22)21-29(38-34)23-13-18-36-19-14-23/h1-21H. The molecular formula is C34H21N5O. The molecule has 0 N–H and O–H groups in total. The maximum atomic E-state index is 5.92. The van der Waals surface area contributed by atoms with Crippen LogP contribution in [-0.2, 0) is 0 Å². The van der Waals surface area contributed by atoms with Gasteiger partial charge in [-0.1, -0.05) is 18.2 Å². The van der Waals surface area contributed by atoms with Crippen molar-refractivity contribution in [1.82, 2.24) is 24.5 Å². The average molecular weight is 516 g/mol. The molecule has 188 valence electrons. The summed E-state index contributed by atoms with van der Waals surface area (Å²) in [6.45, 7) is 0. The van der Waals surface area contributed by atoms with Crippen LogP contribution < -0.4 is 0 Å². The van der Waals surface area contributed by atoms with E-state index in [4.69, 9.17) is 14.4 Å². The minimum Gasteiger partial charge on any atom is -0.464 e. The van der Waals surface area contributed by atoms with Crippen molar-refractivity contribution in [2.45, 2.75) is 0 Å². The highest BCUT2D eigenvalue weighted by molar-refractivity contribution is 6.19.